The Labute approximate surface area is 81.3 Å². The fraction of sp³-hybridized carbons (Fsp3) is 0.750. The molecule has 2 rings (SSSR count). The van der Waals surface area contributed by atoms with Crippen LogP contribution in [-0.4, -0.2) is 22.5 Å². The minimum Gasteiger partial charge on any atom is -0.469 e. The highest BCUT2D eigenvalue weighted by molar-refractivity contribution is 7.07. The second kappa shape index (κ2) is 4.02. The Balaban J connectivity index is 1.82. The summed E-state index contributed by atoms with van der Waals surface area (Å²) in [5, 5.41) is 0.690. The van der Waals surface area contributed by atoms with Crippen molar-refractivity contribution in [1.29, 1.82) is 0 Å². The molecule has 4 nitrogen and oxygen atoms in total. The molecule has 5 heteroatoms. The molecule has 0 spiro atoms. The van der Waals surface area contributed by atoms with Crippen molar-refractivity contribution in [3.63, 3.8) is 0 Å². The van der Waals surface area contributed by atoms with Crippen LogP contribution in [0.25, 0.3) is 0 Å². The molecular weight excluding hydrogens is 186 g/mol. The molecule has 1 saturated carbocycles. The molecule has 0 atom stereocenters. The lowest BCUT2D eigenvalue weighted by Crippen LogP contribution is -2.05. The molecule has 0 radical (unpaired) electrons. The van der Waals surface area contributed by atoms with Gasteiger partial charge in [0.25, 0.3) is 5.19 Å². The fourth-order valence-electron chi connectivity index (χ4n) is 1.03. The summed E-state index contributed by atoms with van der Waals surface area (Å²) in [6.07, 6.45) is 3.34. The van der Waals surface area contributed by atoms with E-state index in [-0.39, 0.29) is 0 Å². The lowest BCUT2D eigenvalue weighted by molar-refractivity contribution is 0.311. The smallest absolute Gasteiger partial charge is 0.293 e. The summed E-state index contributed by atoms with van der Waals surface area (Å²) < 4.78 is 9.60. The summed E-state index contributed by atoms with van der Waals surface area (Å²) in [4.78, 5) is 4.29. The number of aromatic nitrogens is 2. The van der Waals surface area contributed by atoms with Gasteiger partial charge in [-0.15, -0.1) is 0 Å². The predicted octanol–water partition coefficient (Wildman–Crippen LogP) is 1.14. The number of nitrogens with two attached hydrogens (primary N) is 1. The van der Waals surface area contributed by atoms with Crippen LogP contribution < -0.4 is 10.5 Å². The van der Waals surface area contributed by atoms with Gasteiger partial charge in [-0.3, -0.25) is 0 Å². The van der Waals surface area contributed by atoms with E-state index in [9.17, 15) is 0 Å². The van der Waals surface area contributed by atoms with Gasteiger partial charge in [-0.25, -0.2) is 0 Å². The molecule has 1 heterocycles. The summed E-state index contributed by atoms with van der Waals surface area (Å²) in [5.74, 6) is 1.58. The monoisotopic (exact) mass is 199 g/mol. The van der Waals surface area contributed by atoms with Crippen molar-refractivity contribution in [3.05, 3.63) is 5.82 Å². The average Bonchev–Trinajstić information content (AvgIpc) is 2.88. The van der Waals surface area contributed by atoms with E-state index in [1.165, 1.54) is 24.4 Å². The van der Waals surface area contributed by atoms with E-state index in [0.29, 0.717) is 24.3 Å². The van der Waals surface area contributed by atoms with Crippen LogP contribution in [0.2, 0.25) is 0 Å². The van der Waals surface area contributed by atoms with Gasteiger partial charge in [0, 0.05) is 17.5 Å². The van der Waals surface area contributed by atoms with Crippen molar-refractivity contribution in [2.24, 2.45) is 5.73 Å². The molecule has 1 aromatic rings. The Morgan fingerprint density at radius 1 is 1.54 bits per heavy atom. The van der Waals surface area contributed by atoms with Crippen LogP contribution in [0.1, 0.15) is 31.0 Å². The zero-order chi connectivity index (χ0) is 9.10. The SMILES string of the molecule is NCCCOc1nc(C2CC2)ns1. The molecule has 1 fully saturated rings. The standard InChI is InChI=1S/C8H13N3OS/c9-4-1-5-12-8-10-7(11-13-8)6-2-3-6/h6H,1-5,9H2. The molecule has 0 aromatic carbocycles. The highest BCUT2D eigenvalue weighted by atomic mass is 32.1. The average molecular weight is 199 g/mol. The third kappa shape index (κ3) is 2.38. The molecule has 2 N–H and O–H groups in total. The number of ether oxygens (including phenoxy) is 1. The molecule has 1 aliphatic carbocycles. The van der Waals surface area contributed by atoms with E-state index < -0.39 is 0 Å². The number of nitrogens with zero attached hydrogens (tertiary/aromatic N) is 2. The normalized spacial score (nSPS) is 16.1. The molecule has 1 aromatic heterocycles. The maximum Gasteiger partial charge on any atom is 0.293 e. The topological polar surface area (TPSA) is 61.0 Å². The Bertz CT molecular complexity index is 272. The maximum atomic E-state index is 5.37. The summed E-state index contributed by atoms with van der Waals surface area (Å²) in [5.41, 5.74) is 5.34. The first-order valence-electron chi connectivity index (χ1n) is 4.56. The molecule has 72 valence electrons. The largest absolute Gasteiger partial charge is 0.469 e. The van der Waals surface area contributed by atoms with Crippen LogP contribution in [0.5, 0.6) is 5.19 Å². The van der Waals surface area contributed by atoms with Crippen LogP contribution in [0.4, 0.5) is 0 Å². The third-order valence-corrected chi connectivity index (χ3v) is 2.58. The summed E-state index contributed by atoms with van der Waals surface area (Å²) in [6.45, 7) is 1.31. The van der Waals surface area contributed by atoms with Crippen LogP contribution in [0, 0.1) is 0 Å². The highest BCUT2D eigenvalue weighted by Gasteiger charge is 2.27. The van der Waals surface area contributed by atoms with E-state index in [4.69, 9.17) is 10.5 Å². The maximum absolute atomic E-state index is 5.37. The van der Waals surface area contributed by atoms with Crippen LogP contribution in [-0.2, 0) is 0 Å². The Hall–Kier alpha value is -0.680. The minimum atomic E-state index is 0.614. The summed E-state index contributed by atoms with van der Waals surface area (Å²) >= 11 is 1.34. The second-order valence-corrected chi connectivity index (χ2v) is 3.90. The van der Waals surface area contributed by atoms with Gasteiger partial charge in [-0.1, -0.05) is 0 Å². The molecule has 13 heavy (non-hydrogen) atoms. The third-order valence-electron chi connectivity index (χ3n) is 1.94. The van der Waals surface area contributed by atoms with Gasteiger partial charge in [0.05, 0.1) is 6.61 Å². The summed E-state index contributed by atoms with van der Waals surface area (Å²) in [6, 6.07) is 0. The number of rotatable bonds is 5. The van der Waals surface area contributed by atoms with Gasteiger partial charge >= 0.3 is 0 Å². The number of hydrogen-bond donors (Lipinski definition) is 1. The van der Waals surface area contributed by atoms with Crippen molar-refractivity contribution in [1.82, 2.24) is 9.36 Å². The molecule has 0 aliphatic heterocycles. The molecule has 0 bridgehead atoms. The minimum absolute atomic E-state index is 0.614. The number of hydrogen-bond acceptors (Lipinski definition) is 5. The molecule has 0 saturated heterocycles. The van der Waals surface area contributed by atoms with Gasteiger partial charge < -0.3 is 10.5 Å². The molecule has 0 unspecified atom stereocenters. The van der Waals surface area contributed by atoms with E-state index in [1.54, 1.807) is 0 Å². The quantitative estimate of drug-likeness (QED) is 0.722. The second-order valence-electron chi connectivity index (χ2n) is 3.18. The van der Waals surface area contributed by atoms with Crippen LogP contribution >= 0.6 is 11.5 Å². The molecule has 0 amide bonds. The lowest BCUT2D eigenvalue weighted by Gasteiger charge is -1.97. The van der Waals surface area contributed by atoms with E-state index in [2.05, 4.69) is 9.36 Å². The first-order valence-corrected chi connectivity index (χ1v) is 5.34. The Morgan fingerprint density at radius 2 is 2.38 bits per heavy atom. The van der Waals surface area contributed by atoms with Gasteiger partial charge in [-0.05, 0) is 25.8 Å². The summed E-state index contributed by atoms with van der Waals surface area (Å²) in [7, 11) is 0. The lowest BCUT2D eigenvalue weighted by atomic mass is 10.4. The van der Waals surface area contributed by atoms with Gasteiger partial charge in [0.2, 0.25) is 0 Å². The van der Waals surface area contributed by atoms with Gasteiger partial charge in [0.15, 0.2) is 0 Å². The Morgan fingerprint density at radius 3 is 3.08 bits per heavy atom. The van der Waals surface area contributed by atoms with Crippen molar-refractivity contribution in [2.45, 2.75) is 25.2 Å². The Kier molecular flexibility index (Phi) is 2.75. The predicted molar refractivity (Wildman–Crippen MR) is 51.1 cm³/mol. The zero-order valence-corrected chi connectivity index (χ0v) is 8.22. The van der Waals surface area contributed by atoms with Crippen molar-refractivity contribution in [2.75, 3.05) is 13.2 Å². The first kappa shape index (κ1) is 8.90. The highest BCUT2D eigenvalue weighted by Crippen LogP contribution is 2.39. The molecule has 1 aliphatic rings. The van der Waals surface area contributed by atoms with Crippen molar-refractivity contribution in [3.8, 4) is 5.19 Å². The van der Waals surface area contributed by atoms with Gasteiger partial charge in [-0.2, -0.15) is 9.36 Å². The van der Waals surface area contributed by atoms with Crippen LogP contribution in [0.3, 0.4) is 0 Å². The molecular formula is C8H13N3OS. The van der Waals surface area contributed by atoms with E-state index in [1.807, 2.05) is 0 Å². The van der Waals surface area contributed by atoms with E-state index in [0.717, 1.165) is 12.2 Å². The van der Waals surface area contributed by atoms with Crippen molar-refractivity contribution >= 4 is 11.5 Å². The fourth-order valence-corrected chi connectivity index (χ4v) is 1.66. The van der Waals surface area contributed by atoms with Gasteiger partial charge in [0.1, 0.15) is 5.82 Å². The van der Waals surface area contributed by atoms with E-state index >= 15 is 0 Å². The first-order chi connectivity index (χ1) is 6.40. The van der Waals surface area contributed by atoms with Crippen LogP contribution in [0.15, 0.2) is 0 Å². The van der Waals surface area contributed by atoms with Crippen molar-refractivity contribution < 1.29 is 4.74 Å². The zero-order valence-electron chi connectivity index (χ0n) is 7.40.